The van der Waals surface area contributed by atoms with Gasteiger partial charge in [-0.3, -0.25) is 9.36 Å². The highest BCUT2D eigenvalue weighted by molar-refractivity contribution is 7.12. The summed E-state index contributed by atoms with van der Waals surface area (Å²) in [6, 6.07) is 15.4. The molecule has 2 aromatic carbocycles. The number of aromatic nitrogens is 2. The number of carbonyl (C=O) groups excluding carboxylic acids is 1. The monoisotopic (exact) mass is 396 g/mol. The summed E-state index contributed by atoms with van der Waals surface area (Å²) in [5.41, 5.74) is 1.38. The number of halogens is 1. The van der Waals surface area contributed by atoms with Crippen molar-refractivity contribution < 1.29 is 15.0 Å². The van der Waals surface area contributed by atoms with E-state index in [0.29, 0.717) is 27.0 Å². The first kappa shape index (κ1) is 17.3. The first-order valence-electron chi connectivity index (χ1n) is 8.00. The van der Waals surface area contributed by atoms with Gasteiger partial charge in [-0.25, -0.2) is 4.98 Å². The molecule has 0 aliphatic heterocycles. The third kappa shape index (κ3) is 2.99. The number of benzene rings is 2. The van der Waals surface area contributed by atoms with Crippen molar-refractivity contribution in [2.24, 2.45) is 0 Å². The molecule has 0 aliphatic carbocycles. The minimum absolute atomic E-state index is 0.0104. The van der Waals surface area contributed by atoms with E-state index in [1.165, 1.54) is 15.9 Å². The van der Waals surface area contributed by atoms with Crippen molar-refractivity contribution in [2.75, 3.05) is 0 Å². The van der Waals surface area contributed by atoms with E-state index in [1.54, 1.807) is 66.2 Å². The van der Waals surface area contributed by atoms with E-state index in [1.807, 2.05) is 0 Å². The molecule has 134 valence electrons. The number of ketones is 1. The highest BCUT2D eigenvalue weighted by Gasteiger charge is 2.30. The van der Waals surface area contributed by atoms with Crippen LogP contribution in [0, 0.1) is 0 Å². The first-order chi connectivity index (χ1) is 13.1. The molecule has 4 rings (SSSR count). The van der Waals surface area contributed by atoms with Crippen molar-refractivity contribution >= 4 is 28.7 Å². The number of hydrogen-bond acceptors (Lipinski definition) is 5. The highest BCUT2D eigenvalue weighted by atomic mass is 35.5. The summed E-state index contributed by atoms with van der Waals surface area (Å²) in [5.74, 6) is -1.32. The van der Waals surface area contributed by atoms with Crippen LogP contribution < -0.4 is 0 Å². The standard InChI is InChI=1S/C20H13ClN2O3S/c21-14-8-6-12(7-9-14)16-15(17(24)13-4-2-1-3-5-13)18(25)19(26)23(16)20-22-10-11-27-20/h1-11,25-26H. The van der Waals surface area contributed by atoms with Crippen LogP contribution >= 0.6 is 22.9 Å². The van der Waals surface area contributed by atoms with Crippen LogP contribution in [0.15, 0.2) is 66.2 Å². The molecule has 0 radical (unpaired) electrons. The molecule has 0 atom stereocenters. The summed E-state index contributed by atoms with van der Waals surface area (Å²) < 4.78 is 1.37. The molecule has 2 heterocycles. The lowest BCUT2D eigenvalue weighted by atomic mass is 9.99. The number of hydrogen-bond donors (Lipinski definition) is 2. The predicted octanol–water partition coefficient (Wildman–Crippen LogP) is 4.90. The lowest BCUT2D eigenvalue weighted by molar-refractivity contribution is 0.103. The summed E-state index contributed by atoms with van der Waals surface area (Å²) in [4.78, 5) is 17.3. The topological polar surface area (TPSA) is 75.3 Å². The van der Waals surface area contributed by atoms with Gasteiger partial charge in [-0.05, 0) is 17.7 Å². The van der Waals surface area contributed by atoms with Crippen molar-refractivity contribution in [3.05, 3.63) is 82.3 Å². The van der Waals surface area contributed by atoms with Crippen molar-refractivity contribution in [3.63, 3.8) is 0 Å². The molecule has 0 saturated carbocycles. The van der Waals surface area contributed by atoms with Crippen molar-refractivity contribution in [1.29, 1.82) is 0 Å². The Balaban J connectivity index is 2.02. The van der Waals surface area contributed by atoms with Gasteiger partial charge in [0.15, 0.2) is 16.7 Å². The quantitative estimate of drug-likeness (QED) is 0.481. The molecule has 0 spiro atoms. The van der Waals surface area contributed by atoms with E-state index in [-0.39, 0.29) is 5.56 Å². The lowest BCUT2D eigenvalue weighted by Gasteiger charge is -2.09. The van der Waals surface area contributed by atoms with Gasteiger partial charge in [0.1, 0.15) is 0 Å². The third-order valence-corrected chi connectivity index (χ3v) is 5.12. The smallest absolute Gasteiger partial charge is 0.242 e. The van der Waals surface area contributed by atoms with Crippen LogP contribution in [0.25, 0.3) is 16.4 Å². The number of rotatable bonds is 4. The number of aromatic hydroxyl groups is 2. The molecule has 2 aromatic heterocycles. The third-order valence-electron chi connectivity index (χ3n) is 4.11. The molecular weight excluding hydrogens is 384 g/mol. The van der Waals surface area contributed by atoms with Crippen molar-refractivity contribution in [3.8, 4) is 28.0 Å². The summed E-state index contributed by atoms with van der Waals surface area (Å²) in [6.45, 7) is 0. The predicted molar refractivity (Wildman–Crippen MR) is 105 cm³/mol. The molecule has 0 saturated heterocycles. The molecule has 2 N–H and O–H groups in total. The van der Waals surface area contributed by atoms with Crippen LogP contribution in [0.3, 0.4) is 0 Å². The van der Waals surface area contributed by atoms with Gasteiger partial charge >= 0.3 is 0 Å². The maximum absolute atomic E-state index is 13.1. The van der Waals surface area contributed by atoms with Gasteiger partial charge in [0, 0.05) is 22.2 Å². The second-order valence-corrected chi connectivity index (χ2v) is 7.06. The van der Waals surface area contributed by atoms with E-state index < -0.39 is 17.4 Å². The highest BCUT2D eigenvalue weighted by Crippen LogP contribution is 2.44. The molecule has 27 heavy (non-hydrogen) atoms. The van der Waals surface area contributed by atoms with Gasteiger partial charge in [0.25, 0.3) is 0 Å². The molecule has 5 nitrogen and oxygen atoms in total. The van der Waals surface area contributed by atoms with Crippen LogP contribution in [0.4, 0.5) is 0 Å². The van der Waals surface area contributed by atoms with Crippen LogP contribution in [0.2, 0.25) is 5.02 Å². The fourth-order valence-corrected chi connectivity index (χ4v) is 3.66. The Morgan fingerprint density at radius 1 is 1.04 bits per heavy atom. The zero-order valence-corrected chi connectivity index (χ0v) is 15.4. The number of thiazole rings is 1. The fraction of sp³-hybridized carbons (Fsp3) is 0. The SMILES string of the molecule is O=C(c1ccccc1)c1c(O)c(O)n(-c2nccs2)c1-c1ccc(Cl)cc1. The summed E-state index contributed by atoms with van der Waals surface area (Å²) >= 11 is 7.27. The lowest BCUT2D eigenvalue weighted by Crippen LogP contribution is -2.04. The van der Waals surface area contributed by atoms with Gasteiger partial charge in [-0.2, -0.15) is 0 Å². The van der Waals surface area contributed by atoms with Crippen LogP contribution in [0.1, 0.15) is 15.9 Å². The Labute approximate surface area is 163 Å². The summed E-state index contributed by atoms with van der Waals surface area (Å²) in [7, 11) is 0. The molecule has 0 fully saturated rings. The molecule has 0 bridgehead atoms. The maximum atomic E-state index is 13.1. The molecule has 0 aliphatic rings. The summed E-state index contributed by atoms with van der Waals surface area (Å²) in [6.07, 6.45) is 1.58. The van der Waals surface area contributed by atoms with E-state index in [4.69, 9.17) is 11.6 Å². The van der Waals surface area contributed by atoms with E-state index in [9.17, 15) is 15.0 Å². The largest absolute Gasteiger partial charge is 0.503 e. The van der Waals surface area contributed by atoms with E-state index in [2.05, 4.69) is 4.98 Å². The van der Waals surface area contributed by atoms with Crippen LogP contribution in [0.5, 0.6) is 11.6 Å². The minimum atomic E-state index is -0.482. The Bertz CT molecular complexity index is 1100. The molecule has 4 aromatic rings. The average Bonchev–Trinajstić information content (AvgIpc) is 3.30. The zero-order valence-electron chi connectivity index (χ0n) is 13.8. The van der Waals surface area contributed by atoms with Crippen LogP contribution in [-0.2, 0) is 0 Å². The van der Waals surface area contributed by atoms with Gasteiger partial charge in [0.05, 0.1) is 11.3 Å². The first-order valence-corrected chi connectivity index (χ1v) is 9.26. The average molecular weight is 397 g/mol. The van der Waals surface area contributed by atoms with Gasteiger partial charge in [-0.15, -0.1) is 11.3 Å². The van der Waals surface area contributed by atoms with Crippen LogP contribution in [-0.4, -0.2) is 25.5 Å². The second-order valence-electron chi connectivity index (χ2n) is 5.75. The van der Waals surface area contributed by atoms with Crippen molar-refractivity contribution in [2.45, 2.75) is 0 Å². The molecule has 0 unspecified atom stereocenters. The molecule has 0 amide bonds. The minimum Gasteiger partial charge on any atom is -0.503 e. The number of nitrogens with zero attached hydrogens (tertiary/aromatic N) is 2. The van der Waals surface area contributed by atoms with Gasteiger partial charge in [0.2, 0.25) is 5.88 Å². The zero-order chi connectivity index (χ0) is 19.0. The Kier molecular flexibility index (Phi) is 4.43. The van der Waals surface area contributed by atoms with Crippen molar-refractivity contribution in [1.82, 2.24) is 9.55 Å². The Morgan fingerprint density at radius 3 is 2.37 bits per heavy atom. The molecular formula is C20H13ClN2O3S. The Hall–Kier alpha value is -3.09. The summed E-state index contributed by atoms with van der Waals surface area (Å²) in [5, 5.41) is 23.9. The fourth-order valence-electron chi connectivity index (χ4n) is 2.89. The van der Waals surface area contributed by atoms with Gasteiger partial charge in [-0.1, -0.05) is 54.1 Å². The van der Waals surface area contributed by atoms with Gasteiger partial charge < -0.3 is 10.2 Å². The second kappa shape index (κ2) is 6.90. The van der Waals surface area contributed by atoms with E-state index >= 15 is 0 Å². The Morgan fingerprint density at radius 2 is 1.74 bits per heavy atom. The maximum Gasteiger partial charge on any atom is 0.242 e. The van der Waals surface area contributed by atoms with E-state index in [0.717, 1.165) is 0 Å². The molecule has 7 heteroatoms. The number of carbonyl (C=O) groups is 1. The normalized spacial score (nSPS) is 10.9.